The Morgan fingerprint density at radius 3 is 1.44 bits per heavy atom. The van der Waals surface area contributed by atoms with Crippen LogP contribution in [-0.2, 0) is 0 Å². The largest absolute Gasteiger partial charge is 0.634 e. The second kappa shape index (κ2) is 1.50. The minimum atomic E-state index is -0.0243. The fraction of sp³-hybridized carbons (Fsp3) is 1.00. The van der Waals surface area contributed by atoms with Crippen LogP contribution in [0.5, 0.6) is 0 Å². The molecule has 1 aliphatic rings. The zero-order chi connectivity index (χ0) is 7.28. The lowest BCUT2D eigenvalue weighted by atomic mass is 9.75. The van der Waals surface area contributed by atoms with Gasteiger partial charge in [-0.25, -0.2) is 0 Å². The van der Waals surface area contributed by atoms with E-state index in [4.69, 9.17) is 0 Å². The molecule has 1 aliphatic heterocycles. The molecule has 2 nitrogen and oxygen atoms in total. The first kappa shape index (κ1) is 7.03. The first-order valence-corrected chi connectivity index (χ1v) is 3.41. The van der Waals surface area contributed by atoms with Crippen LogP contribution >= 0.6 is 0 Å². The molecule has 0 aromatic carbocycles. The van der Waals surface area contributed by atoms with E-state index in [0.717, 1.165) is 6.42 Å². The Hall–Kier alpha value is -0.0800. The highest BCUT2D eigenvalue weighted by Crippen LogP contribution is 2.24. The lowest BCUT2D eigenvalue weighted by molar-refractivity contribution is -1.000. The topological polar surface area (TPSA) is 27.5 Å². The Bertz CT molecular complexity index is 115. The second-order valence-electron chi connectivity index (χ2n) is 4.27. The number of hydrogen-bond acceptors (Lipinski definition) is 1. The molecule has 0 saturated carbocycles. The maximum atomic E-state index is 11.2. The Balaban J connectivity index is 2.62. The number of quaternary nitrogens is 1. The third kappa shape index (κ3) is 0.864. The zero-order valence-corrected chi connectivity index (χ0v) is 6.62. The van der Waals surface area contributed by atoms with Gasteiger partial charge in [-0.05, 0) is 27.7 Å². The molecule has 1 rings (SSSR count). The van der Waals surface area contributed by atoms with Crippen LogP contribution in [0.25, 0.3) is 0 Å². The van der Waals surface area contributed by atoms with Gasteiger partial charge in [-0.2, -0.15) is 0 Å². The molecule has 1 fully saturated rings. The van der Waals surface area contributed by atoms with Crippen LogP contribution in [0.15, 0.2) is 0 Å². The van der Waals surface area contributed by atoms with E-state index in [2.05, 4.69) is 0 Å². The van der Waals surface area contributed by atoms with Crippen LogP contribution in [0.1, 0.15) is 34.1 Å². The van der Waals surface area contributed by atoms with Crippen molar-refractivity contribution in [2.45, 2.75) is 45.2 Å². The van der Waals surface area contributed by atoms with Crippen LogP contribution in [0.4, 0.5) is 0 Å². The summed E-state index contributed by atoms with van der Waals surface area (Å²) in [7, 11) is 0. The minimum absolute atomic E-state index is 0.0243. The Morgan fingerprint density at radius 1 is 1.11 bits per heavy atom. The Kier molecular flexibility index (Phi) is 1.17. The van der Waals surface area contributed by atoms with E-state index in [-0.39, 0.29) is 11.1 Å². The van der Waals surface area contributed by atoms with E-state index in [9.17, 15) is 5.21 Å². The van der Waals surface area contributed by atoms with Crippen LogP contribution in [0.2, 0.25) is 0 Å². The molecular formula is C7H15NO. The number of hydrogen-bond donors (Lipinski definition) is 1. The standard InChI is InChI=1S/C7H15NO/c1-6(2)5-7(3,4)8(6)9/h8H,5H2,1-4H3. The molecule has 54 valence electrons. The summed E-state index contributed by atoms with van der Waals surface area (Å²) in [6.45, 7) is 8.06. The average molecular weight is 129 g/mol. The lowest BCUT2D eigenvalue weighted by Crippen LogP contribution is -3.29. The average Bonchev–Trinajstić information content (AvgIpc) is 1.63. The van der Waals surface area contributed by atoms with Crippen molar-refractivity contribution in [1.82, 2.24) is 0 Å². The first-order valence-electron chi connectivity index (χ1n) is 3.41. The van der Waals surface area contributed by atoms with Gasteiger partial charge in [0.25, 0.3) is 0 Å². The third-order valence-electron chi connectivity index (χ3n) is 2.11. The molecule has 0 aromatic rings. The highest BCUT2D eigenvalue weighted by molar-refractivity contribution is 4.89. The lowest BCUT2D eigenvalue weighted by Gasteiger charge is -2.59. The van der Waals surface area contributed by atoms with Gasteiger partial charge >= 0.3 is 0 Å². The molecule has 0 atom stereocenters. The molecule has 0 radical (unpaired) electrons. The molecule has 0 bridgehead atoms. The van der Waals surface area contributed by atoms with E-state index >= 15 is 0 Å². The van der Waals surface area contributed by atoms with Crippen molar-refractivity contribution in [3.05, 3.63) is 5.21 Å². The van der Waals surface area contributed by atoms with Gasteiger partial charge in [0.15, 0.2) is 0 Å². The maximum Gasteiger partial charge on any atom is 0.0981 e. The van der Waals surface area contributed by atoms with Gasteiger partial charge in [-0.3, -0.25) is 0 Å². The quantitative estimate of drug-likeness (QED) is 0.469. The maximum absolute atomic E-state index is 11.2. The number of rotatable bonds is 0. The number of hydroxylamine groups is 2. The van der Waals surface area contributed by atoms with Gasteiger partial charge in [0, 0.05) is 0 Å². The van der Waals surface area contributed by atoms with E-state index in [1.165, 1.54) is 0 Å². The monoisotopic (exact) mass is 129 g/mol. The van der Waals surface area contributed by atoms with Crippen molar-refractivity contribution in [1.29, 1.82) is 0 Å². The predicted molar refractivity (Wildman–Crippen MR) is 37.1 cm³/mol. The van der Waals surface area contributed by atoms with Crippen molar-refractivity contribution in [2.75, 3.05) is 0 Å². The van der Waals surface area contributed by atoms with E-state index in [1.807, 2.05) is 27.7 Å². The van der Waals surface area contributed by atoms with Gasteiger partial charge in [0.2, 0.25) is 0 Å². The minimum Gasteiger partial charge on any atom is -0.634 e. The zero-order valence-electron chi connectivity index (χ0n) is 6.62. The van der Waals surface area contributed by atoms with E-state index in [0.29, 0.717) is 5.06 Å². The van der Waals surface area contributed by atoms with Gasteiger partial charge in [-0.1, -0.05) is 0 Å². The van der Waals surface area contributed by atoms with E-state index < -0.39 is 0 Å². The second-order valence-corrected chi connectivity index (χ2v) is 4.27. The van der Waals surface area contributed by atoms with Crippen molar-refractivity contribution >= 4 is 0 Å². The summed E-state index contributed by atoms with van der Waals surface area (Å²) < 4.78 is 0. The molecule has 1 N–H and O–H groups in total. The van der Waals surface area contributed by atoms with Gasteiger partial charge in [-0.15, -0.1) is 0 Å². The van der Waals surface area contributed by atoms with E-state index in [1.54, 1.807) is 0 Å². The predicted octanol–water partition coefficient (Wildman–Crippen LogP) is 0.330. The Labute approximate surface area is 56.4 Å². The molecule has 9 heavy (non-hydrogen) atoms. The summed E-state index contributed by atoms with van der Waals surface area (Å²) in [5.41, 5.74) is -0.0486. The third-order valence-corrected chi connectivity index (χ3v) is 2.11. The smallest absolute Gasteiger partial charge is 0.0981 e. The Morgan fingerprint density at radius 2 is 1.44 bits per heavy atom. The van der Waals surface area contributed by atoms with Crippen molar-refractivity contribution in [2.24, 2.45) is 0 Å². The highest BCUT2D eigenvalue weighted by atomic mass is 16.5. The summed E-state index contributed by atoms with van der Waals surface area (Å²) in [6.07, 6.45) is 1.04. The van der Waals surface area contributed by atoms with Gasteiger partial charge in [0.1, 0.15) is 0 Å². The van der Waals surface area contributed by atoms with Crippen molar-refractivity contribution in [3.63, 3.8) is 0 Å². The first-order chi connectivity index (χ1) is 3.86. The fourth-order valence-electron chi connectivity index (χ4n) is 2.07. The summed E-state index contributed by atoms with van der Waals surface area (Å²) >= 11 is 0. The molecule has 1 saturated heterocycles. The molecule has 0 amide bonds. The van der Waals surface area contributed by atoms with Crippen LogP contribution in [0, 0.1) is 5.21 Å². The normalized spacial score (nSPS) is 31.7. The van der Waals surface area contributed by atoms with Gasteiger partial charge in [0.05, 0.1) is 17.5 Å². The van der Waals surface area contributed by atoms with Crippen LogP contribution in [-0.4, -0.2) is 11.1 Å². The van der Waals surface area contributed by atoms with Crippen LogP contribution < -0.4 is 5.06 Å². The molecule has 2 heteroatoms. The fourth-order valence-corrected chi connectivity index (χ4v) is 2.07. The van der Waals surface area contributed by atoms with Gasteiger partial charge < -0.3 is 10.3 Å². The summed E-state index contributed by atoms with van der Waals surface area (Å²) in [4.78, 5) is 0. The number of nitrogens with one attached hydrogen (secondary N) is 1. The van der Waals surface area contributed by atoms with Crippen LogP contribution in [0.3, 0.4) is 0 Å². The highest BCUT2D eigenvalue weighted by Gasteiger charge is 2.50. The summed E-state index contributed by atoms with van der Waals surface area (Å²) in [5, 5.41) is 11.6. The SMILES string of the molecule is CC1(C)CC(C)(C)[NH+]1[O-]. The van der Waals surface area contributed by atoms with Crippen molar-refractivity contribution in [3.8, 4) is 0 Å². The summed E-state index contributed by atoms with van der Waals surface area (Å²) in [5.74, 6) is 0. The van der Waals surface area contributed by atoms with Crippen molar-refractivity contribution < 1.29 is 5.06 Å². The molecular weight excluding hydrogens is 114 g/mol. The molecule has 1 heterocycles. The summed E-state index contributed by atoms with van der Waals surface area (Å²) in [6, 6.07) is 0. The molecule has 0 aromatic heterocycles. The molecule has 0 aliphatic carbocycles. The molecule has 0 unspecified atom stereocenters. The molecule has 0 spiro atoms.